The van der Waals surface area contributed by atoms with Crippen molar-refractivity contribution in [3.8, 4) is 6.07 Å². The van der Waals surface area contributed by atoms with Crippen molar-refractivity contribution in [2.75, 3.05) is 11.4 Å². The predicted octanol–water partition coefficient (Wildman–Crippen LogP) is 3.11. The maximum atomic E-state index is 8.82. The fraction of sp³-hybridized carbons (Fsp3) is 0.600. The van der Waals surface area contributed by atoms with E-state index in [1.165, 1.54) is 38.5 Å². The highest BCUT2D eigenvalue weighted by atomic mass is 15.2. The molecule has 1 aromatic rings. The molecule has 1 saturated heterocycles. The van der Waals surface area contributed by atoms with Gasteiger partial charge < -0.3 is 4.90 Å². The number of piperidine rings is 1. The lowest BCUT2D eigenvalue weighted by Gasteiger charge is -2.44. The average molecular weight is 241 g/mol. The normalized spacial score (nSPS) is 27.4. The van der Waals surface area contributed by atoms with Crippen molar-refractivity contribution in [3.05, 3.63) is 23.9 Å². The summed E-state index contributed by atoms with van der Waals surface area (Å²) in [5.74, 6) is 1.93. The zero-order valence-corrected chi connectivity index (χ0v) is 10.7. The number of nitrogens with zero attached hydrogens (tertiary/aromatic N) is 3. The minimum Gasteiger partial charge on any atom is -0.353 e. The molecule has 2 aliphatic rings. The highest BCUT2D eigenvalue weighted by molar-refractivity contribution is 5.43. The molecule has 0 aromatic carbocycles. The van der Waals surface area contributed by atoms with Crippen molar-refractivity contribution in [1.29, 1.82) is 5.26 Å². The van der Waals surface area contributed by atoms with E-state index in [-0.39, 0.29) is 0 Å². The maximum absolute atomic E-state index is 8.82. The molecule has 0 amide bonds. The van der Waals surface area contributed by atoms with Crippen molar-refractivity contribution < 1.29 is 0 Å². The van der Waals surface area contributed by atoms with Crippen LogP contribution in [0.4, 0.5) is 5.82 Å². The molecule has 1 aromatic heterocycles. The zero-order chi connectivity index (χ0) is 12.4. The van der Waals surface area contributed by atoms with Crippen molar-refractivity contribution >= 4 is 5.82 Å². The second-order valence-electron chi connectivity index (χ2n) is 5.46. The lowest BCUT2D eigenvalue weighted by Crippen LogP contribution is -2.47. The summed E-state index contributed by atoms with van der Waals surface area (Å²) in [6.07, 6.45) is 9.82. The molecule has 94 valence electrons. The number of fused-ring (bicyclic) bond motifs is 1. The van der Waals surface area contributed by atoms with E-state index < -0.39 is 0 Å². The Labute approximate surface area is 108 Å². The first-order valence-electron chi connectivity index (χ1n) is 7.01. The van der Waals surface area contributed by atoms with Gasteiger partial charge in [-0.05, 0) is 43.7 Å². The summed E-state index contributed by atoms with van der Waals surface area (Å²) in [5, 5.41) is 8.82. The highest BCUT2D eigenvalue weighted by Gasteiger charge is 2.33. The summed E-state index contributed by atoms with van der Waals surface area (Å²) in [7, 11) is 0. The first kappa shape index (κ1) is 11.5. The SMILES string of the molecule is N#Cc1ccc(N2CCCC3CCCCC32)nc1. The molecule has 3 rings (SSSR count). The Balaban J connectivity index is 1.82. The lowest BCUT2D eigenvalue weighted by atomic mass is 9.78. The molecule has 1 saturated carbocycles. The van der Waals surface area contributed by atoms with Crippen LogP contribution in [0.2, 0.25) is 0 Å². The Morgan fingerprint density at radius 2 is 2.00 bits per heavy atom. The van der Waals surface area contributed by atoms with Crippen molar-refractivity contribution in [2.24, 2.45) is 5.92 Å². The summed E-state index contributed by atoms with van der Waals surface area (Å²) >= 11 is 0. The van der Waals surface area contributed by atoms with Gasteiger partial charge in [0.1, 0.15) is 11.9 Å². The van der Waals surface area contributed by atoms with E-state index in [2.05, 4.69) is 16.0 Å². The van der Waals surface area contributed by atoms with Crippen LogP contribution in [-0.2, 0) is 0 Å². The molecule has 0 N–H and O–H groups in total. The molecule has 1 aliphatic carbocycles. The minimum atomic E-state index is 0.649. The number of hydrogen-bond acceptors (Lipinski definition) is 3. The van der Waals surface area contributed by atoms with Gasteiger partial charge in [0.05, 0.1) is 5.56 Å². The number of nitriles is 1. The Morgan fingerprint density at radius 1 is 1.17 bits per heavy atom. The van der Waals surface area contributed by atoms with Crippen molar-refractivity contribution in [2.45, 2.75) is 44.6 Å². The monoisotopic (exact) mass is 241 g/mol. The lowest BCUT2D eigenvalue weighted by molar-refractivity contribution is 0.243. The van der Waals surface area contributed by atoms with Crippen LogP contribution in [0.3, 0.4) is 0 Å². The van der Waals surface area contributed by atoms with Gasteiger partial charge in [0.25, 0.3) is 0 Å². The summed E-state index contributed by atoms with van der Waals surface area (Å²) in [6.45, 7) is 1.13. The van der Waals surface area contributed by atoms with Gasteiger partial charge in [0.15, 0.2) is 0 Å². The predicted molar refractivity (Wildman–Crippen MR) is 71.3 cm³/mol. The second-order valence-corrected chi connectivity index (χ2v) is 5.46. The smallest absolute Gasteiger partial charge is 0.128 e. The van der Waals surface area contributed by atoms with E-state index in [0.717, 1.165) is 18.3 Å². The first-order chi connectivity index (χ1) is 8.88. The third kappa shape index (κ3) is 2.08. The van der Waals surface area contributed by atoms with E-state index >= 15 is 0 Å². The molecule has 0 spiro atoms. The Morgan fingerprint density at radius 3 is 2.78 bits per heavy atom. The third-order valence-corrected chi connectivity index (χ3v) is 4.41. The number of rotatable bonds is 1. The standard InChI is InChI=1S/C15H19N3/c16-10-12-7-8-15(17-11-12)18-9-3-5-13-4-1-2-6-14(13)18/h7-8,11,13-14H,1-6,9H2. The van der Waals surface area contributed by atoms with E-state index in [9.17, 15) is 0 Å². The van der Waals surface area contributed by atoms with Gasteiger partial charge >= 0.3 is 0 Å². The Bertz CT molecular complexity index is 444. The summed E-state index contributed by atoms with van der Waals surface area (Å²) in [5.41, 5.74) is 0.649. The van der Waals surface area contributed by atoms with Crippen LogP contribution in [-0.4, -0.2) is 17.6 Å². The largest absolute Gasteiger partial charge is 0.353 e. The highest BCUT2D eigenvalue weighted by Crippen LogP contribution is 2.37. The van der Waals surface area contributed by atoms with E-state index in [1.807, 2.05) is 12.1 Å². The van der Waals surface area contributed by atoms with Crippen LogP contribution in [0.15, 0.2) is 18.3 Å². The molecule has 18 heavy (non-hydrogen) atoms. The molecule has 2 fully saturated rings. The molecule has 1 aliphatic heterocycles. The van der Waals surface area contributed by atoms with Gasteiger partial charge in [0.2, 0.25) is 0 Å². The molecule has 0 bridgehead atoms. The molecule has 2 unspecified atom stereocenters. The van der Waals surface area contributed by atoms with Crippen LogP contribution >= 0.6 is 0 Å². The first-order valence-corrected chi connectivity index (χ1v) is 7.01. The van der Waals surface area contributed by atoms with Crippen LogP contribution in [0.25, 0.3) is 0 Å². The van der Waals surface area contributed by atoms with Gasteiger partial charge in [-0.2, -0.15) is 5.26 Å². The number of aromatic nitrogens is 1. The molecule has 0 radical (unpaired) electrons. The second kappa shape index (κ2) is 4.97. The average Bonchev–Trinajstić information content (AvgIpc) is 2.47. The van der Waals surface area contributed by atoms with Gasteiger partial charge in [-0.25, -0.2) is 4.98 Å². The quantitative estimate of drug-likeness (QED) is 0.758. The molecule has 2 atom stereocenters. The molecule has 3 heteroatoms. The third-order valence-electron chi connectivity index (χ3n) is 4.41. The fourth-order valence-corrected chi connectivity index (χ4v) is 3.53. The Kier molecular flexibility index (Phi) is 3.19. The topological polar surface area (TPSA) is 39.9 Å². The molecular weight excluding hydrogens is 222 g/mol. The van der Waals surface area contributed by atoms with Crippen LogP contribution in [0.1, 0.15) is 44.1 Å². The minimum absolute atomic E-state index is 0.649. The molecule has 3 nitrogen and oxygen atoms in total. The molecule has 2 heterocycles. The zero-order valence-electron chi connectivity index (χ0n) is 10.7. The van der Waals surface area contributed by atoms with Gasteiger partial charge in [-0.15, -0.1) is 0 Å². The van der Waals surface area contributed by atoms with Gasteiger partial charge in [-0.3, -0.25) is 0 Å². The van der Waals surface area contributed by atoms with Crippen molar-refractivity contribution in [1.82, 2.24) is 4.98 Å². The number of anilines is 1. The van der Waals surface area contributed by atoms with E-state index in [0.29, 0.717) is 11.6 Å². The van der Waals surface area contributed by atoms with Gasteiger partial charge in [-0.1, -0.05) is 12.8 Å². The summed E-state index contributed by atoms with van der Waals surface area (Å²) < 4.78 is 0. The van der Waals surface area contributed by atoms with Crippen LogP contribution < -0.4 is 4.90 Å². The van der Waals surface area contributed by atoms with E-state index in [1.54, 1.807) is 6.20 Å². The molecular formula is C15H19N3. The number of hydrogen-bond donors (Lipinski definition) is 0. The van der Waals surface area contributed by atoms with Crippen molar-refractivity contribution in [3.63, 3.8) is 0 Å². The summed E-state index contributed by atoms with van der Waals surface area (Å²) in [4.78, 5) is 6.95. The summed E-state index contributed by atoms with van der Waals surface area (Å²) in [6, 6.07) is 6.71. The van der Waals surface area contributed by atoms with E-state index in [4.69, 9.17) is 5.26 Å². The number of pyridine rings is 1. The Hall–Kier alpha value is -1.56. The maximum Gasteiger partial charge on any atom is 0.128 e. The fourth-order valence-electron chi connectivity index (χ4n) is 3.53. The van der Waals surface area contributed by atoms with Crippen LogP contribution in [0.5, 0.6) is 0 Å². The van der Waals surface area contributed by atoms with Gasteiger partial charge in [0, 0.05) is 18.8 Å². The van der Waals surface area contributed by atoms with Crippen LogP contribution in [0, 0.1) is 17.2 Å².